The van der Waals surface area contributed by atoms with Crippen molar-refractivity contribution in [2.24, 2.45) is 5.92 Å². The SMILES string of the molecule is CNCCCC(=O)NCC1CCN(c2ccc(Br)cc2)C1.Cl.Cl. The predicted molar refractivity (Wildman–Crippen MR) is 105 cm³/mol. The van der Waals surface area contributed by atoms with Gasteiger partial charge in [-0.05, 0) is 56.6 Å². The molecule has 1 unspecified atom stereocenters. The molecule has 0 radical (unpaired) electrons. The number of nitrogens with one attached hydrogen (secondary N) is 2. The lowest BCUT2D eigenvalue weighted by Gasteiger charge is -2.19. The first-order valence-electron chi connectivity index (χ1n) is 7.61. The third-order valence-corrected chi connectivity index (χ3v) is 4.42. The van der Waals surface area contributed by atoms with Gasteiger partial charge in [0, 0.05) is 36.2 Å². The van der Waals surface area contributed by atoms with Gasteiger partial charge in [0.1, 0.15) is 0 Å². The van der Waals surface area contributed by atoms with Gasteiger partial charge in [-0.3, -0.25) is 4.79 Å². The minimum atomic E-state index is 0. The molecule has 1 heterocycles. The van der Waals surface area contributed by atoms with Crippen molar-refractivity contribution in [3.8, 4) is 0 Å². The van der Waals surface area contributed by atoms with E-state index in [0.717, 1.165) is 43.5 Å². The molecule has 1 aliphatic heterocycles. The highest BCUT2D eigenvalue weighted by molar-refractivity contribution is 9.10. The van der Waals surface area contributed by atoms with Crippen LogP contribution in [0.15, 0.2) is 28.7 Å². The first-order chi connectivity index (χ1) is 10.2. The van der Waals surface area contributed by atoms with Crippen molar-refractivity contribution in [1.29, 1.82) is 0 Å². The highest BCUT2D eigenvalue weighted by atomic mass is 79.9. The van der Waals surface area contributed by atoms with E-state index in [9.17, 15) is 4.79 Å². The van der Waals surface area contributed by atoms with Crippen LogP contribution in [-0.4, -0.2) is 39.1 Å². The van der Waals surface area contributed by atoms with Crippen LogP contribution in [0.1, 0.15) is 19.3 Å². The van der Waals surface area contributed by atoms with E-state index < -0.39 is 0 Å². The van der Waals surface area contributed by atoms with Crippen LogP contribution in [0.4, 0.5) is 5.69 Å². The Morgan fingerprint density at radius 3 is 2.65 bits per heavy atom. The number of amides is 1. The number of halogens is 3. The van der Waals surface area contributed by atoms with Crippen molar-refractivity contribution in [2.45, 2.75) is 19.3 Å². The summed E-state index contributed by atoms with van der Waals surface area (Å²) < 4.78 is 1.11. The molecule has 4 nitrogen and oxygen atoms in total. The summed E-state index contributed by atoms with van der Waals surface area (Å²) >= 11 is 3.46. The average molecular weight is 427 g/mol. The molecule has 1 atom stereocenters. The minimum Gasteiger partial charge on any atom is -0.371 e. The monoisotopic (exact) mass is 425 g/mol. The molecule has 23 heavy (non-hydrogen) atoms. The molecule has 7 heteroatoms. The molecule has 1 aliphatic rings. The van der Waals surface area contributed by atoms with Crippen LogP contribution in [0.5, 0.6) is 0 Å². The molecule has 2 rings (SSSR count). The van der Waals surface area contributed by atoms with Gasteiger partial charge in [-0.25, -0.2) is 0 Å². The van der Waals surface area contributed by atoms with E-state index in [4.69, 9.17) is 0 Å². The third-order valence-electron chi connectivity index (χ3n) is 3.90. The summed E-state index contributed by atoms with van der Waals surface area (Å²) in [4.78, 5) is 14.1. The van der Waals surface area contributed by atoms with Gasteiger partial charge in [-0.2, -0.15) is 0 Å². The third kappa shape index (κ3) is 7.75. The zero-order valence-corrected chi connectivity index (χ0v) is 16.6. The van der Waals surface area contributed by atoms with E-state index in [1.165, 1.54) is 5.69 Å². The van der Waals surface area contributed by atoms with Crippen molar-refractivity contribution < 1.29 is 4.79 Å². The zero-order chi connectivity index (χ0) is 15.1. The molecule has 0 saturated carbocycles. The summed E-state index contributed by atoms with van der Waals surface area (Å²) in [6, 6.07) is 8.43. The van der Waals surface area contributed by atoms with Gasteiger partial charge in [-0.1, -0.05) is 15.9 Å². The van der Waals surface area contributed by atoms with Gasteiger partial charge in [0.15, 0.2) is 0 Å². The van der Waals surface area contributed by atoms with E-state index in [0.29, 0.717) is 12.3 Å². The van der Waals surface area contributed by atoms with Gasteiger partial charge < -0.3 is 15.5 Å². The molecule has 1 aromatic carbocycles. The van der Waals surface area contributed by atoms with Gasteiger partial charge in [0.05, 0.1) is 0 Å². The van der Waals surface area contributed by atoms with Crippen LogP contribution in [0, 0.1) is 5.92 Å². The number of hydrogen-bond donors (Lipinski definition) is 2. The summed E-state index contributed by atoms with van der Waals surface area (Å²) in [5.41, 5.74) is 1.26. The second-order valence-corrected chi connectivity index (χ2v) is 6.50. The summed E-state index contributed by atoms with van der Waals surface area (Å²) in [5, 5.41) is 6.12. The fourth-order valence-corrected chi connectivity index (χ4v) is 2.92. The largest absolute Gasteiger partial charge is 0.371 e. The predicted octanol–water partition coefficient (Wildman–Crippen LogP) is 3.23. The van der Waals surface area contributed by atoms with Crippen molar-refractivity contribution in [1.82, 2.24) is 10.6 Å². The van der Waals surface area contributed by atoms with Crippen LogP contribution < -0.4 is 15.5 Å². The fourth-order valence-electron chi connectivity index (χ4n) is 2.66. The van der Waals surface area contributed by atoms with Crippen LogP contribution in [-0.2, 0) is 4.79 Å². The van der Waals surface area contributed by atoms with Crippen molar-refractivity contribution >= 4 is 52.3 Å². The summed E-state index contributed by atoms with van der Waals surface area (Å²) in [6.45, 7) is 3.79. The number of carbonyl (C=O) groups is 1. The van der Waals surface area contributed by atoms with Crippen LogP contribution in [0.3, 0.4) is 0 Å². The Kier molecular flexibility index (Phi) is 11.7. The smallest absolute Gasteiger partial charge is 0.220 e. The number of nitrogens with zero attached hydrogens (tertiary/aromatic N) is 1. The molecule has 0 bridgehead atoms. The zero-order valence-electron chi connectivity index (χ0n) is 13.4. The van der Waals surface area contributed by atoms with E-state index in [1.807, 2.05) is 7.05 Å². The first kappa shape index (κ1) is 22.5. The van der Waals surface area contributed by atoms with Crippen molar-refractivity contribution in [3.05, 3.63) is 28.7 Å². The van der Waals surface area contributed by atoms with E-state index in [-0.39, 0.29) is 30.7 Å². The van der Waals surface area contributed by atoms with Crippen LogP contribution >= 0.6 is 40.7 Å². The van der Waals surface area contributed by atoms with Gasteiger partial charge in [0.2, 0.25) is 5.91 Å². The lowest BCUT2D eigenvalue weighted by atomic mass is 10.1. The van der Waals surface area contributed by atoms with Gasteiger partial charge in [-0.15, -0.1) is 24.8 Å². The summed E-state index contributed by atoms with van der Waals surface area (Å²) in [5.74, 6) is 0.731. The summed E-state index contributed by atoms with van der Waals surface area (Å²) in [6.07, 6.45) is 2.66. The fraction of sp³-hybridized carbons (Fsp3) is 0.562. The second-order valence-electron chi connectivity index (χ2n) is 5.59. The number of benzene rings is 1. The topological polar surface area (TPSA) is 44.4 Å². The Bertz CT molecular complexity index is 459. The lowest BCUT2D eigenvalue weighted by Crippen LogP contribution is -2.31. The minimum absolute atomic E-state index is 0. The summed E-state index contributed by atoms with van der Waals surface area (Å²) in [7, 11) is 1.91. The van der Waals surface area contributed by atoms with Crippen LogP contribution in [0.25, 0.3) is 0 Å². The average Bonchev–Trinajstić information content (AvgIpc) is 2.95. The molecule has 132 valence electrons. The Balaban J connectivity index is 0.00000242. The molecule has 2 N–H and O–H groups in total. The Morgan fingerprint density at radius 2 is 2.00 bits per heavy atom. The maximum absolute atomic E-state index is 11.7. The quantitative estimate of drug-likeness (QED) is 0.657. The number of carbonyl (C=O) groups excluding carboxylic acids is 1. The molecule has 1 saturated heterocycles. The van der Waals surface area contributed by atoms with E-state index in [1.54, 1.807) is 0 Å². The number of hydrogen-bond acceptors (Lipinski definition) is 3. The van der Waals surface area contributed by atoms with Gasteiger partial charge >= 0.3 is 0 Å². The lowest BCUT2D eigenvalue weighted by molar-refractivity contribution is -0.121. The second kappa shape index (κ2) is 12.0. The Labute approximate surface area is 159 Å². The molecule has 0 aliphatic carbocycles. The number of rotatable bonds is 7. The molecular weight excluding hydrogens is 401 g/mol. The molecule has 1 amide bonds. The Hall–Kier alpha value is -0.490. The van der Waals surface area contributed by atoms with Crippen molar-refractivity contribution in [3.63, 3.8) is 0 Å². The van der Waals surface area contributed by atoms with Gasteiger partial charge in [0.25, 0.3) is 0 Å². The maximum atomic E-state index is 11.7. The van der Waals surface area contributed by atoms with Crippen molar-refractivity contribution in [2.75, 3.05) is 38.1 Å². The highest BCUT2D eigenvalue weighted by Crippen LogP contribution is 2.24. The highest BCUT2D eigenvalue weighted by Gasteiger charge is 2.22. The standard InChI is InChI=1S/C16H24BrN3O.2ClH/c1-18-9-2-3-16(21)19-11-13-8-10-20(12-13)15-6-4-14(17)5-7-15;;/h4-7,13,18H,2-3,8-12H2,1H3,(H,19,21);2*1H. The number of anilines is 1. The molecule has 1 aromatic rings. The van der Waals surface area contributed by atoms with E-state index in [2.05, 4.69) is 55.7 Å². The first-order valence-corrected chi connectivity index (χ1v) is 8.40. The molecule has 0 spiro atoms. The maximum Gasteiger partial charge on any atom is 0.220 e. The molecule has 0 aromatic heterocycles. The normalized spacial score (nSPS) is 16.4. The van der Waals surface area contributed by atoms with Crippen LogP contribution in [0.2, 0.25) is 0 Å². The Morgan fingerprint density at radius 1 is 1.30 bits per heavy atom. The molecule has 1 fully saturated rings. The molecular formula is C16H26BrCl2N3O. The van der Waals surface area contributed by atoms with E-state index >= 15 is 0 Å².